The molecule has 0 radical (unpaired) electrons. The Balaban J connectivity index is 1.06. The summed E-state index contributed by atoms with van der Waals surface area (Å²) in [6.07, 6.45) is 1.84. The standard InChI is InChI=1S/C55H42N4O/c1-36-37(2)52(40-18-6-4-7-19-40)55(53(38(36)3)41-20-8-5-9-21-41)58-35-57(49-31-28-39-17-10-11-24-45(39)54(49)58)42-22-16-23-43(33-42)60-44-29-30-47-46-25-12-13-26-48(46)59(50(47)34-44)51-27-14-15-32-56-51/h4-34H,35H2,1-3H3. The molecule has 8 aromatic carbocycles. The molecule has 10 aromatic rings. The third-order valence-corrected chi connectivity index (χ3v) is 12.4. The van der Waals surface area contributed by atoms with Crippen molar-refractivity contribution in [2.24, 2.45) is 0 Å². The van der Waals surface area contributed by atoms with E-state index in [1.54, 1.807) is 0 Å². The molecule has 2 aromatic heterocycles. The molecule has 288 valence electrons. The van der Waals surface area contributed by atoms with Gasteiger partial charge in [-0.05, 0) is 103 Å². The van der Waals surface area contributed by atoms with Crippen LogP contribution in [0, 0.1) is 20.8 Å². The van der Waals surface area contributed by atoms with Crippen molar-refractivity contribution >= 4 is 55.3 Å². The number of anilines is 4. The predicted octanol–water partition coefficient (Wildman–Crippen LogP) is 14.6. The zero-order valence-electron chi connectivity index (χ0n) is 33.8. The van der Waals surface area contributed by atoms with Crippen molar-refractivity contribution in [2.45, 2.75) is 20.8 Å². The number of benzene rings is 8. The molecule has 0 aliphatic carbocycles. The first kappa shape index (κ1) is 35.5. The van der Waals surface area contributed by atoms with Crippen LogP contribution in [0.25, 0.3) is 60.6 Å². The Morgan fingerprint density at radius 2 is 1.12 bits per heavy atom. The minimum Gasteiger partial charge on any atom is -0.457 e. The van der Waals surface area contributed by atoms with Gasteiger partial charge in [-0.1, -0.05) is 121 Å². The number of nitrogens with zero attached hydrogens (tertiary/aromatic N) is 4. The number of para-hydroxylation sites is 1. The summed E-state index contributed by atoms with van der Waals surface area (Å²) in [5, 5.41) is 4.77. The minimum atomic E-state index is 0.616. The van der Waals surface area contributed by atoms with Gasteiger partial charge in [0.2, 0.25) is 0 Å². The molecule has 3 heterocycles. The fourth-order valence-corrected chi connectivity index (χ4v) is 9.36. The molecule has 0 spiro atoms. The quantitative estimate of drug-likeness (QED) is 0.161. The highest BCUT2D eigenvalue weighted by molar-refractivity contribution is 6.11. The maximum absolute atomic E-state index is 6.77. The molecule has 0 fully saturated rings. The lowest BCUT2D eigenvalue weighted by molar-refractivity contribution is 0.483. The molecule has 0 unspecified atom stereocenters. The Kier molecular flexibility index (Phi) is 8.48. The molecule has 0 saturated heterocycles. The maximum atomic E-state index is 6.77. The first-order chi connectivity index (χ1) is 29.5. The Morgan fingerprint density at radius 1 is 0.467 bits per heavy atom. The van der Waals surface area contributed by atoms with Crippen LogP contribution >= 0.6 is 0 Å². The minimum absolute atomic E-state index is 0.616. The van der Waals surface area contributed by atoms with Gasteiger partial charge in [0, 0.05) is 51.3 Å². The van der Waals surface area contributed by atoms with Gasteiger partial charge in [-0.25, -0.2) is 4.98 Å². The van der Waals surface area contributed by atoms with Crippen LogP contribution in [0.2, 0.25) is 0 Å². The number of hydrogen-bond donors (Lipinski definition) is 0. The Morgan fingerprint density at radius 3 is 1.85 bits per heavy atom. The van der Waals surface area contributed by atoms with Crippen molar-refractivity contribution in [3.8, 4) is 39.6 Å². The highest BCUT2D eigenvalue weighted by Crippen LogP contribution is 2.55. The average molecular weight is 775 g/mol. The normalized spacial score (nSPS) is 12.4. The first-order valence-corrected chi connectivity index (χ1v) is 20.6. The van der Waals surface area contributed by atoms with Crippen LogP contribution in [0.4, 0.5) is 22.7 Å². The van der Waals surface area contributed by atoms with Gasteiger partial charge in [0.05, 0.1) is 28.1 Å². The summed E-state index contributed by atoms with van der Waals surface area (Å²) in [7, 11) is 0. The molecule has 60 heavy (non-hydrogen) atoms. The van der Waals surface area contributed by atoms with Crippen molar-refractivity contribution in [3.63, 3.8) is 0 Å². The number of fused-ring (bicyclic) bond motifs is 6. The van der Waals surface area contributed by atoms with Gasteiger partial charge in [-0.2, -0.15) is 0 Å². The Labute approximate surface area is 350 Å². The molecule has 0 amide bonds. The average Bonchev–Trinajstić information content (AvgIpc) is 3.85. The zero-order chi connectivity index (χ0) is 40.3. The van der Waals surface area contributed by atoms with E-state index in [2.05, 4.69) is 193 Å². The second-order valence-electron chi connectivity index (χ2n) is 15.7. The van der Waals surface area contributed by atoms with Gasteiger partial charge in [-0.15, -0.1) is 0 Å². The fraction of sp³-hybridized carbons (Fsp3) is 0.0727. The zero-order valence-corrected chi connectivity index (χ0v) is 33.8. The van der Waals surface area contributed by atoms with E-state index >= 15 is 0 Å². The van der Waals surface area contributed by atoms with E-state index < -0.39 is 0 Å². The molecule has 0 saturated carbocycles. The van der Waals surface area contributed by atoms with Gasteiger partial charge in [0.1, 0.15) is 24.0 Å². The number of ether oxygens (including phenoxy) is 1. The van der Waals surface area contributed by atoms with E-state index in [4.69, 9.17) is 9.72 Å². The van der Waals surface area contributed by atoms with Gasteiger partial charge >= 0.3 is 0 Å². The summed E-state index contributed by atoms with van der Waals surface area (Å²) in [5.41, 5.74) is 15.6. The highest BCUT2D eigenvalue weighted by Gasteiger charge is 2.35. The highest BCUT2D eigenvalue weighted by atomic mass is 16.5. The molecule has 0 bridgehead atoms. The maximum Gasteiger partial charge on any atom is 0.137 e. The predicted molar refractivity (Wildman–Crippen MR) is 250 cm³/mol. The lowest BCUT2D eigenvalue weighted by Crippen LogP contribution is -2.25. The van der Waals surface area contributed by atoms with Crippen molar-refractivity contribution in [1.82, 2.24) is 9.55 Å². The van der Waals surface area contributed by atoms with Crippen molar-refractivity contribution in [1.29, 1.82) is 0 Å². The first-order valence-electron chi connectivity index (χ1n) is 20.6. The van der Waals surface area contributed by atoms with Gasteiger partial charge < -0.3 is 14.5 Å². The molecule has 11 rings (SSSR count). The lowest BCUT2D eigenvalue weighted by Gasteiger charge is -2.31. The van der Waals surface area contributed by atoms with Crippen LogP contribution in [0.3, 0.4) is 0 Å². The van der Waals surface area contributed by atoms with Crippen molar-refractivity contribution < 1.29 is 4.74 Å². The fourth-order valence-electron chi connectivity index (χ4n) is 9.36. The van der Waals surface area contributed by atoms with Crippen molar-refractivity contribution in [2.75, 3.05) is 16.5 Å². The third-order valence-electron chi connectivity index (χ3n) is 12.4. The molecule has 5 heteroatoms. The monoisotopic (exact) mass is 774 g/mol. The van der Waals surface area contributed by atoms with E-state index in [1.165, 1.54) is 66.5 Å². The third kappa shape index (κ3) is 5.73. The number of hydrogen-bond acceptors (Lipinski definition) is 4. The molecule has 0 N–H and O–H groups in total. The lowest BCUT2D eigenvalue weighted by atomic mass is 9.85. The number of pyridine rings is 1. The van der Waals surface area contributed by atoms with E-state index in [1.807, 2.05) is 30.5 Å². The molecular formula is C55H42N4O. The van der Waals surface area contributed by atoms with Crippen LogP contribution in [-0.4, -0.2) is 16.2 Å². The summed E-state index contributed by atoms with van der Waals surface area (Å²) in [4.78, 5) is 9.73. The van der Waals surface area contributed by atoms with E-state index in [9.17, 15) is 0 Å². The van der Waals surface area contributed by atoms with Crippen LogP contribution in [-0.2, 0) is 0 Å². The largest absolute Gasteiger partial charge is 0.457 e. The second-order valence-corrected chi connectivity index (χ2v) is 15.7. The molecule has 0 atom stereocenters. The van der Waals surface area contributed by atoms with Crippen molar-refractivity contribution in [3.05, 3.63) is 205 Å². The Hall–Kier alpha value is -7.63. The summed E-state index contributed by atoms with van der Waals surface area (Å²) < 4.78 is 8.99. The summed E-state index contributed by atoms with van der Waals surface area (Å²) in [6, 6.07) is 64.5. The van der Waals surface area contributed by atoms with Crippen LogP contribution in [0.1, 0.15) is 16.7 Å². The molecule has 5 nitrogen and oxygen atoms in total. The smallest absolute Gasteiger partial charge is 0.137 e. The SMILES string of the molecule is Cc1c(C)c(-c2ccccc2)c(N2CN(c3cccc(Oc4ccc5c6ccccc6n(-c6ccccn6)c5c4)c3)c3ccc4ccccc4c32)c(-c2ccccc2)c1C. The van der Waals surface area contributed by atoms with E-state index in [-0.39, 0.29) is 0 Å². The number of aromatic nitrogens is 2. The number of rotatable bonds is 7. The van der Waals surface area contributed by atoms with Gasteiger partial charge in [-0.3, -0.25) is 4.57 Å². The molecular weight excluding hydrogens is 733 g/mol. The second kappa shape index (κ2) is 14.3. The van der Waals surface area contributed by atoms with Crippen LogP contribution in [0.15, 0.2) is 188 Å². The van der Waals surface area contributed by atoms with E-state index in [0.29, 0.717) is 6.67 Å². The van der Waals surface area contributed by atoms with Crippen LogP contribution < -0.4 is 14.5 Å². The van der Waals surface area contributed by atoms with Crippen LogP contribution in [0.5, 0.6) is 11.5 Å². The summed E-state index contributed by atoms with van der Waals surface area (Å²) in [5.74, 6) is 2.40. The summed E-state index contributed by atoms with van der Waals surface area (Å²) >= 11 is 0. The molecule has 1 aliphatic rings. The van der Waals surface area contributed by atoms with E-state index in [0.717, 1.165) is 45.1 Å². The molecule has 1 aliphatic heterocycles. The van der Waals surface area contributed by atoms with Gasteiger partial charge in [0.25, 0.3) is 0 Å². The topological polar surface area (TPSA) is 33.5 Å². The summed E-state index contributed by atoms with van der Waals surface area (Å²) in [6.45, 7) is 7.46. The van der Waals surface area contributed by atoms with Gasteiger partial charge in [0.15, 0.2) is 0 Å². The Bertz CT molecular complexity index is 3180.